The van der Waals surface area contributed by atoms with E-state index < -0.39 is 0 Å². The Kier molecular flexibility index (Phi) is 5.34. The number of nitrogens with one attached hydrogen (secondary N) is 1. The monoisotopic (exact) mass is 335 g/mol. The molecule has 0 radical (unpaired) electrons. The van der Waals surface area contributed by atoms with Crippen LogP contribution in [-0.4, -0.2) is 27.2 Å². The molecule has 2 aromatic carbocycles. The van der Waals surface area contributed by atoms with Crippen molar-refractivity contribution in [1.82, 2.24) is 0 Å². The number of benzene rings is 2. The summed E-state index contributed by atoms with van der Waals surface area (Å²) in [5.41, 5.74) is 1.92. The van der Waals surface area contributed by atoms with E-state index in [0.29, 0.717) is 33.5 Å². The Labute approximate surface area is 140 Å². The fraction of sp³-hybridized carbons (Fsp3) is 0.235. The summed E-state index contributed by atoms with van der Waals surface area (Å²) in [4.78, 5) is 12.5. The van der Waals surface area contributed by atoms with Gasteiger partial charge in [-0.05, 0) is 36.8 Å². The van der Waals surface area contributed by atoms with E-state index in [1.54, 1.807) is 24.3 Å². The number of hydrogen-bond acceptors (Lipinski definition) is 4. The van der Waals surface area contributed by atoms with Crippen LogP contribution in [0.4, 0.5) is 5.69 Å². The van der Waals surface area contributed by atoms with Gasteiger partial charge in [-0.2, -0.15) is 0 Å². The Hall–Kier alpha value is -2.40. The molecule has 1 N–H and O–H groups in total. The van der Waals surface area contributed by atoms with Gasteiger partial charge in [-0.15, -0.1) is 0 Å². The van der Waals surface area contributed by atoms with Crippen LogP contribution in [-0.2, 0) is 0 Å². The van der Waals surface area contributed by atoms with Gasteiger partial charge in [0.2, 0.25) is 5.75 Å². The second-order valence-electron chi connectivity index (χ2n) is 4.85. The number of aryl methyl sites for hydroxylation is 1. The van der Waals surface area contributed by atoms with Gasteiger partial charge in [0.1, 0.15) is 0 Å². The number of halogens is 1. The molecule has 0 atom stereocenters. The number of amides is 1. The van der Waals surface area contributed by atoms with Gasteiger partial charge < -0.3 is 19.5 Å². The standard InChI is InChI=1S/C17H18ClNO4/c1-10-5-6-13(12(18)7-10)19-17(20)11-8-14(21-2)16(23-4)15(9-11)22-3/h5-9H,1-4H3,(H,19,20). The maximum absolute atomic E-state index is 12.5. The first-order valence-corrected chi connectivity index (χ1v) is 7.25. The Bertz CT molecular complexity index is 706. The molecular weight excluding hydrogens is 318 g/mol. The first-order chi connectivity index (χ1) is 11.0. The maximum Gasteiger partial charge on any atom is 0.255 e. The quantitative estimate of drug-likeness (QED) is 0.899. The second kappa shape index (κ2) is 7.24. The fourth-order valence-electron chi connectivity index (χ4n) is 2.13. The summed E-state index contributed by atoms with van der Waals surface area (Å²) in [6.45, 7) is 1.93. The van der Waals surface area contributed by atoms with E-state index in [2.05, 4.69) is 5.32 Å². The zero-order valence-corrected chi connectivity index (χ0v) is 14.2. The summed E-state index contributed by atoms with van der Waals surface area (Å²) >= 11 is 6.14. The SMILES string of the molecule is COc1cc(C(=O)Nc2ccc(C)cc2Cl)cc(OC)c1OC. The molecule has 1 amide bonds. The van der Waals surface area contributed by atoms with E-state index >= 15 is 0 Å². The van der Waals surface area contributed by atoms with Crippen molar-refractivity contribution in [2.24, 2.45) is 0 Å². The molecule has 0 heterocycles. The molecule has 0 aromatic heterocycles. The lowest BCUT2D eigenvalue weighted by Crippen LogP contribution is -2.13. The first kappa shape index (κ1) is 17.0. The highest BCUT2D eigenvalue weighted by molar-refractivity contribution is 6.34. The number of anilines is 1. The average molecular weight is 336 g/mol. The molecule has 0 bridgehead atoms. The maximum atomic E-state index is 12.5. The minimum Gasteiger partial charge on any atom is -0.493 e. The predicted molar refractivity (Wildman–Crippen MR) is 90.2 cm³/mol. The van der Waals surface area contributed by atoms with E-state index in [1.807, 2.05) is 13.0 Å². The summed E-state index contributed by atoms with van der Waals surface area (Å²) in [6.07, 6.45) is 0. The van der Waals surface area contributed by atoms with Crippen molar-refractivity contribution in [2.75, 3.05) is 26.6 Å². The van der Waals surface area contributed by atoms with Crippen LogP contribution in [0.2, 0.25) is 5.02 Å². The lowest BCUT2D eigenvalue weighted by Gasteiger charge is -2.14. The van der Waals surface area contributed by atoms with Crippen LogP contribution in [0.3, 0.4) is 0 Å². The van der Waals surface area contributed by atoms with Crippen LogP contribution in [0, 0.1) is 6.92 Å². The van der Waals surface area contributed by atoms with Crippen LogP contribution in [0.15, 0.2) is 30.3 Å². The normalized spacial score (nSPS) is 10.1. The molecule has 2 aromatic rings. The van der Waals surface area contributed by atoms with Gasteiger partial charge in [0, 0.05) is 5.56 Å². The van der Waals surface area contributed by atoms with Crippen LogP contribution < -0.4 is 19.5 Å². The Morgan fingerprint density at radius 2 is 1.61 bits per heavy atom. The molecule has 23 heavy (non-hydrogen) atoms. The lowest BCUT2D eigenvalue weighted by atomic mass is 10.1. The summed E-state index contributed by atoms with van der Waals surface area (Å²) in [7, 11) is 4.50. The van der Waals surface area contributed by atoms with Crippen molar-refractivity contribution in [3.63, 3.8) is 0 Å². The summed E-state index contributed by atoms with van der Waals surface area (Å²) in [5.74, 6) is 0.925. The van der Waals surface area contributed by atoms with E-state index in [9.17, 15) is 4.79 Å². The molecule has 122 valence electrons. The highest BCUT2D eigenvalue weighted by atomic mass is 35.5. The zero-order valence-electron chi connectivity index (χ0n) is 13.4. The molecule has 2 rings (SSSR count). The molecule has 0 aliphatic heterocycles. The highest BCUT2D eigenvalue weighted by Gasteiger charge is 2.17. The van der Waals surface area contributed by atoms with Crippen molar-refractivity contribution in [2.45, 2.75) is 6.92 Å². The fourth-order valence-corrected chi connectivity index (χ4v) is 2.41. The largest absolute Gasteiger partial charge is 0.493 e. The van der Waals surface area contributed by atoms with Crippen molar-refractivity contribution in [3.8, 4) is 17.2 Å². The average Bonchev–Trinajstić information content (AvgIpc) is 2.55. The minimum absolute atomic E-state index is 0.324. The van der Waals surface area contributed by atoms with Gasteiger partial charge >= 0.3 is 0 Å². The Morgan fingerprint density at radius 1 is 1.00 bits per heavy atom. The second-order valence-corrected chi connectivity index (χ2v) is 5.26. The van der Waals surface area contributed by atoms with E-state index in [1.165, 1.54) is 21.3 Å². The molecular formula is C17H18ClNO4. The smallest absolute Gasteiger partial charge is 0.255 e. The first-order valence-electron chi connectivity index (χ1n) is 6.87. The van der Waals surface area contributed by atoms with Crippen LogP contribution >= 0.6 is 11.6 Å². The van der Waals surface area contributed by atoms with Gasteiger partial charge in [-0.3, -0.25) is 4.79 Å². The van der Waals surface area contributed by atoms with Gasteiger partial charge in [0.05, 0.1) is 32.0 Å². The molecule has 0 spiro atoms. The minimum atomic E-state index is -0.324. The molecule has 0 aliphatic rings. The number of carbonyl (C=O) groups excluding carboxylic acids is 1. The number of hydrogen-bond donors (Lipinski definition) is 1. The third-order valence-corrected chi connectivity index (χ3v) is 3.61. The van der Waals surface area contributed by atoms with E-state index in [-0.39, 0.29) is 5.91 Å². The number of methoxy groups -OCH3 is 3. The zero-order chi connectivity index (χ0) is 17.0. The van der Waals surface area contributed by atoms with Crippen LogP contribution in [0.25, 0.3) is 0 Å². The number of rotatable bonds is 5. The Morgan fingerprint density at radius 3 is 2.09 bits per heavy atom. The summed E-state index contributed by atoms with van der Waals surface area (Å²) in [6, 6.07) is 8.58. The molecule has 0 fully saturated rings. The van der Waals surface area contributed by atoms with E-state index in [0.717, 1.165) is 5.56 Å². The number of carbonyl (C=O) groups is 1. The molecule has 0 saturated heterocycles. The Balaban J connectivity index is 2.35. The summed E-state index contributed by atoms with van der Waals surface area (Å²) < 4.78 is 15.7. The predicted octanol–water partition coefficient (Wildman–Crippen LogP) is 3.93. The van der Waals surface area contributed by atoms with E-state index in [4.69, 9.17) is 25.8 Å². The molecule has 5 nitrogen and oxygen atoms in total. The number of ether oxygens (including phenoxy) is 3. The highest BCUT2D eigenvalue weighted by Crippen LogP contribution is 2.38. The van der Waals surface area contributed by atoms with Gasteiger partial charge in [0.25, 0.3) is 5.91 Å². The van der Waals surface area contributed by atoms with Gasteiger partial charge in [-0.1, -0.05) is 17.7 Å². The molecule has 6 heteroatoms. The van der Waals surface area contributed by atoms with Gasteiger partial charge in [-0.25, -0.2) is 0 Å². The van der Waals surface area contributed by atoms with Crippen molar-refractivity contribution < 1.29 is 19.0 Å². The van der Waals surface area contributed by atoms with Crippen molar-refractivity contribution in [1.29, 1.82) is 0 Å². The van der Waals surface area contributed by atoms with Crippen LogP contribution in [0.5, 0.6) is 17.2 Å². The van der Waals surface area contributed by atoms with Gasteiger partial charge in [0.15, 0.2) is 11.5 Å². The third kappa shape index (κ3) is 3.68. The topological polar surface area (TPSA) is 56.8 Å². The van der Waals surface area contributed by atoms with Crippen molar-refractivity contribution in [3.05, 3.63) is 46.5 Å². The molecule has 0 unspecified atom stereocenters. The lowest BCUT2D eigenvalue weighted by molar-refractivity contribution is 0.102. The molecule has 0 saturated carbocycles. The van der Waals surface area contributed by atoms with Crippen LogP contribution in [0.1, 0.15) is 15.9 Å². The molecule has 0 aliphatic carbocycles. The third-order valence-electron chi connectivity index (χ3n) is 3.30. The van der Waals surface area contributed by atoms with Crippen molar-refractivity contribution >= 4 is 23.2 Å². The summed E-state index contributed by atoms with van der Waals surface area (Å²) in [5, 5.41) is 3.25.